The normalized spacial score (nSPS) is 14.1. The minimum atomic E-state index is -0.193. The van der Waals surface area contributed by atoms with Crippen LogP contribution in [0.1, 0.15) is 66.2 Å². The summed E-state index contributed by atoms with van der Waals surface area (Å²) in [6.45, 7) is 4.06. The highest BCUT2D eigenvalue weighted by atomic mass is 16.2. The number of fused-ring (bicyclic) bond motifs is 1. The molecule has 0 aliphatic carbocycles. The SMILES string of the molecule is CCCCCCN=C(N)NCCCCN1C(=O)c2ccccc2C1=O. The molecule has 1 aliphatic heterocycles. The Kier molecular flexibility index (Phi) is 7.44. The maximum Gasteiger partial charge on any atom is 0.261 e. The number of carbonyl (C=O) groups excluding carboxylic acids is 2. The van der Waals surface area contributed by atoms with Crippen molar-refractivity contribution in [2.75, 3.05) is 19.6 Å². The van der Waals surface area contributed by atoms with Crippen LogP contribution in [0.25, 0.3) is 0 Å². The summed E-state index contributed by atoms with van der Waals surface area (Å²) >= 11 is 0. The van der Waals surface area contributed by atoms with Crippen LogP contribution in [0.15, 0.2) is 29.3 Å². The van der Waals surface area contributed by atoms with Crippen molar-refractivity contribution in [1.29, 1.82) is 0 Å². The van der Waals surface area contributed by atoms with E-state index in [1.165, 1.54) is 24.2 Å². The van der Waals surface area contributed by atoms with Crippen LogP contribution >= 0.6 is 0 Å². The van der Waals surface area contributed by atoms with Crippen molar-refractivity contribution in [3.05, 3.63) is 35.4 Å². The Labute approximate surface area is 149 Å². The highest BCUT2D eigenvalue weighted by Crippen LogP contribution is 2.22. The molecule has 1 aromatic rings. The topological polar surface area (TPSA) is 87.8 Å². The van der Waals surface area contributed by atoms with Crippen LogP contribution in [-0.4, -0.2) is 42.3 Å². The molecule has 1 aromatic carbocycles. The fourth-order valence-electron chi connectivity index (χ4n) is 2.85. The highest BCUT2D eigenvalue weighted by Gasteiger charge is 2.34. The Balaban J connectivity index is 1.63. The zero-order chi connectivity index (χ0) is 18.1. The average Bonchev–Trinajstić information content (AvgIpc) is 2.86. The summed E-state index contributed by atoms with van der Waals surface area (Å²) < 4.78 is 0. The highest BCUT2D eigenvalue weighted by molar-refractivity contribution is 6.21. The smallest absolute Gasteiger partial charge is 0.261 e. The summed E-state index contributed by atoms with van der Waals surface area (Å²) in [4.78, 5) is 30.1. The van der Waals surface area contributed by atoms with E-state index >= 15 is 0 Å². The van der Waals surface area contributed by atoms with E-state index in [9.17, 15) is 9.59 Å². The van der Waals surface area contributed by atoms with E-state index in [0.717, 1.165) is 25.8 Å². The Hall–Kier alpha value is -2.37. The van der Waals surface area contributed by atoms with Crippen molar-refractivity contribution in [3.8, 4) is 0 Å². The molecule has 2 rings (SSSR count). The van der Waals surface area contributed by atoms with Gasteiger partial charge in [0.25, 0.3) is 11.8 Å². The lowest BCUT2D eigenvalue weighted by atomic mass is 10.1. The third-order valence-electron chi connectivity index (χ3n) is 4.29. The van der Waals surface area contributed by atoms with E-state index in [-0.39, 0.29) is 11.8 Å². The predicted octanol–water partition coefficient (Wildman–Crippen LogP) is 2.55. The minimum Gasteiger partial charge on any atom is -0.370 e. The minimum absolute atomic E-state index is 0.193. The molecule has 136 valence electrons. The van der Waals surface area contributed by atoms with Gasteiger partial charge in [0.05, 0.1) is 11.1 Å². The maximum absolute atomic E-state index is 12.2. The lowest BCUT2D eigenvalue weighted by molar-refractivity contribution is 0.0652. The molecule has 1 heterocycles. The van der Waals surface area contributed by atoms with Crippen molar-refractivity contribution in [2.45, 2.75) is 45.4 Å². The molecular formula is C19H28N4O2. The van der Waals surface area contributed by atoms with Gasteiger partial charge < -0.3 is 11.1 Å². The van der Waals surface area contributed by atoms with E-state index in [0.29, 0.717) is 30.2 Å². The molecule has 25 heavy (non-hydrogen) atoms. The first kappa shape index (κ1) is 19.0. The molecule has 0 saturated heterocycles. The summed E-state index contributed by atoms with van der Waals surface area (Å²) in [7, 11) is 0. The fourth-order valence-corrected chi connectivity index (χ4v) is 2.85. The Morgan fingerprint density at radius 3 is 2.36 bits per heavy atom. The first-order valence-electron chi connectivity index (χ1n) is 9.14. The molecule has 0 fully saturated rings. The number of imide groups is 1. The van der Waals surface area contributed by atoms with Gasteiger partial charge in [0.15, 0.2) is 5.96 Å². The summed E-state index contributed by atoms with van der Waals surface area (Å²) in [5.74, 6) is 0.0839. The second-order valence-electron chi connectivity index (χ2n) is 6.27. The Morgan fingerprint density at radius 1 is 1.04 bits per heavy atom. The second-order valence-corrected chi connectivity index (χ2v) is 6.27. The van der Waals surface area contributed by atoms with Crippen molar-refractivity contribution >= 4 is 17.8 Å². The number of nitrogens with one attached hydrogen (secondary N) is 1. The maximum atomic E-state index is 12.2. The third kappa shape index (κ3) is 5.31. The molecule has 1 aliphatic rings. The molecule has 0 spiro atoms. The molecule has 0 radical (unpaired) electrons. The summed E-state index contributed by atoms with van der Waals surface area (Å²) in [5.41, 5.74) is 6.82. The number of unbranched alkanes of at least 4 members (excludes halogenated alkanes) is 4. The van der Waals surface area contributed by atoms with Gasteiger partial charge in [-0.15, -0.1) is 0 Å². The zero-order valence-corrected chi connectivity index (χ0v) is 15.0. The molecule has 6 nitrogen and oxygen atoms in total. The van der Waals surface area contributed by atoms with Gasteiger partial charge in [-0.05, 0) is 31.4 Å². The first-order chi connectivity index (χ1) is 12.1. The number of amides is 2. The van der Waals surface area contributed by atoms with Crippen LogP contribution < -0.4 is 11.1 Å². The Morgan fingerprint density at radius 2 is 1.72 bits per heavy atom. The number of hydrogen-bond acceptors (Lipinski definition) is 3. The summed E-state index contributed by atoms with van der Waals surface area (Å²) in [6.07, 6.45) is 6.26. The van der Waals surface area contributed by atoms with Gasteiger partial charge in [-0.25, -0.2) is 0 Å². The number of hydrogen-bond donors (Lipinski definition) is 2. The van der Waals surface area contributed by atoms with Crippen LogP contribution in [0, 0.1) is 0 Å². The predicted molar refractivity (Wildman–Crippen MR) is 99.7 cm³/mol. The van der Waals surface area contributed by atoms with E-state index < -0.39 is 0 Å². The van der Waals surface area contributed by atoms with Crippen LogP contribution in [0.2, 0.25) is 0 Å². The van der Waals surface area contributed by atoms with Gasteiger partial charge in [0, 0.05) is 19.6 Å². The lowest BCUT2D eigenvalue weighted by Gasteiger charge is -2.13. The lowest BCUT2D eigenvalue weighted by Crippen LogP contribution is -2.34. The van der Waals surface area contributed by atoms with Gasteiger partial charge in [-0.2, -0.15) is 0 Å². The van der Waals surface area contributed by atoms with Crippen molar-refractivity contribution in [3.63, 3.8) is 0 Å². The van der Waals surface area contributed by atoms with E-state index in [2.05, 4.69) is 17.2 Å². The number of nitrogens with two attached hydrogens (primary N) is 1. The Bertz CT molecular complexity index is 593. The zero-order valence-electron chi connectivity index (χ0n) is 15.0. The molecular weight excluding hydrogens is 316 g/mol. The number of guanidine groups is 1. The standard InChI is InChI=1S/C19H28N4O2/c1-2-3-4-7-12-21-19(20)22-13-8-9-14-23-17(24)15-10-5-6-11-16(15)18(23)25/h5-6,10-11H,2-4,7-9,12-14H2,1H3,(H3,20,21,22). The average molecular weight is 344 g/mol. The van der Waals surface area contributed by atoms with Crippen LogP contribution in [0.4, 0.5) is 0 Å². The quantitative estimate of drug-likeness (QED) is 0.295. The summed E-state index contributed by atoms with van der Waals surface area (Å²) in [6, 6.07) is 6.97. The van der Waals surface area contributed by atoms with Crippen LogP contribution in [0.3, 0.4) is 0 Å². The van der Waals surface area contributed by atoms with E-state index in [1.54, 1.807) is 24.3 Å². The number of rotatable bonds is 10. The molecule has 3 N–H and O–H groups in total. The summed E-state index contributed by atoms with van der Waals surface area (Å²) in [5, 5.41) is 3.08. The van der Waals surface area contributed by atoms with Crippen LogP contribution in [-0.2, 0) is 0 Å². The van der Waals surface area contributed by atoms with Gasteiger partial charge >= 0.3 is 0 Å². The van der Waals surface area contributed by atoms with Gasteiger partial charge in [0.2, 0.25) is 0 Å². The fraction of sp³-hybridized carbons (Fsp3) is 0.526. The molecule has 2 amide bonds. The van der Waals surface area contributed by atoms with E-state index in [1.807, 2.05) is 0 Å². The number of nitrogens with zero attached hydrogens (tertiary/aromatic N) is 2. The molecule has 6 heteroatoms. The largest absolute Gasteiger partial charge is 0.370 e. The third-order valence-corrected chi connectivity index (χ3v) is 4.29. The van der Waals surface area contributed by atoms with Crippen molar-refractivity contribution in [2.24, 2.45) is 10.7 Å². The van der Waals surface area contributed by atoms with Gasteiger partial charge in [-0.3, -0.25) is 19.5 Å². The number of aliphatic imine (C=N–C) groups is 1. The molecule has 0 aromatic heterocycles. The second kappa shape index (κ2) is 9.81. The van der Waals surface area contributed by atoms with E-state index in [4.69, 9.17) is 5.73 Å². The van der Waals surface area contributed by atoms with Gasteiger partial charge in [-0.1, -0.05) is 38.3 Å². The van der Waals surface area contributed by atoms with Crippen molar-refractivity contribution < 1.29 is 9.59 Å². The molecule has 0 unspecified atom stereocenters. The molecule has 0 bridgehead atoms. The van der Waals surface area contributed by atoms with Crippen molar-refractivity contribution in [1.82, 2.24) is 10.2 Å². The number of benzene rings is 1. The number of carbonyl (C=O) groups is 2. The monoisotopic (exact) mass is 344 g/mol. The first-order valence-corrected chi connectivity index (χ1v) is 9.14. The molecule has 0 saturated carbocycles. The molecule has 0 atom stereocenters. The van der Waals surface area contributed by atoms with Gasteiger partial charge in [0.1, 0.15) is 0 Å². The van der Waals surface area contributed by atoms with Crippen LogP contribution in [0.5, 0.6) is 0 Å².